The SMILES string of the molecule is CS(=O)(=O)c1ccc(OCC2CC2)c(C(=O)N2CCN(c3ccc(S(C)(=O)=O)c(F)c3F)CC2)c1. The lowest BCUT2D eigenvalue weighted by atomic mass is 10.1. The van der Waals surface area contributed by atoms with Crippen LogP contribution >= 0.6 is 0 Å². The fourth-order valence-electron chi connectivity index (χ4n) is 3.90. The topological polar surface area (TPSA) is 101 Å². The van der Waals surface area contributed by atoms with Crippen LogP contribution in [0.15, 0.2) is 40.1 Å². The Balaban J connectivity index is 1.53. The molecule has 0 aromatic heterocycles. The summed E-state index contributed by atoms with van der Waals surface area (Å²) in [6, 6.07) is 6.45. The summed E-state index contributed by atoms with van der Waals surface area (Å²) in [6.45, 7) is 1.12. The summed E-state index contributed by atoms with van der Waals surface area (Å²) in [5.41, 5.74) is 0.0475. The predicted octanol–water partition coefficient (Wildman–Crippen LogP) is 2.52. The van der Waals surface area contributed by atoms with Crippen LogP contribution in [0.1, 0.15) is 23.2 Å². The molecular formula is C23H26F2N2O6S2. The first-order valence-electron chi connectivity index (χ1n) is 11.1. The molecule has 1 aliphatic carbocycles. The number of sulfone groups is 2. The second kappa shape index (κ2) is 9.38. The van der Waals surface area contributed by atoms with Crippen molar-refractivity contribution in [2.24, 2.45) is 5.92 Å². The molecule has 8 nitrogen and oxygen atoms in total. The van der Waals surface area contributed by atoms with E-state index in [1.54, 1.807) is 0 Å². The van der Waals surface area contributed by atoms with Gasteiger partial charge in [0.15, 0.2) is 31.3 Å². The molecule has 2 fully saturated rings. The largest absolute Gasteiger partial charge is 0.492 e. The highest BCUT2D eigenvalue weighted by atomic mass is 32.2. The quantitative estimate of drug-likeness (QED) is 0.544. The maximum Gasteiger partial charge on any atom is 0.257 e. The van der Waals surface area contributed by atoms with E-state index in [1.807, 2.05) is 0 Å². The van der Waals surface area contributed by atoms with Gasteiger partial charge in [0.2, 0.25) is 0 Å². The molecule has 1 saturated carbocycles. The number of carbonyl (C=O) groups excluding carboxylic acids is 1. The molecule has 2 aromatic carbocycles. The first kappa shape index (κ1) is 25.4. The summed E-state index contributed by atoms with van der Waals surface area (Å²) in [4.78, 5) is 15.6. The second-order valence-corrected chi connectivity index (χ2v) is 12.9. The minimum absolute atomic E-state index is 0.00164. The molecule has 0 N–H and O–H groups in total. The average molecular weight is 529 g/mol. The summed E-state index contributed by atoms with van der Waals surface area (Å²) in [6.07, 6.45) is 3.96. The van der Waals surface area contributed by atoms with Crippen molar-refractivity contribution in [1.29, 1.82) is 0 Å². The molecule has 12 heteroatoms. The molecule has 35 heavy (non-hydrogen) atoms. The van der Waals surface area contributed by atoms with E-state index in [0.29, 0.717) is 18.3 Å². The van der Waals surface area contributed by atoms with E-state index in [-0.39, 0.29) is 42.3 Å². The van der Waals surface area contributed by atoms with Crippen molar-refractivity contribution < 1.29 is 35.1 Å². The summed E-state index contributed by atoms with van der Waals surface area (Å²) in [5.74, 6) is -2.37. The minimum atomic E-state index is -3.92. The van der Waals surface area contributed by atoms with Gasteiger partial charge >= 0.3 is 0 Å². The van der Waals surface area contributed by atoms with E-state index in [1.165, 1.54) is 34.1 Å². The molecule has 0 unspecified atom stereocenters. The number of amides is 1. The van der Waals surface area contributed by atoms with Gasteiger partial charge in [-0.05, 0) is 49.1 Å². The van der Waals surface area contributed by atoms with Gasteiger partial charge in [0, 0.05) is 38.7 Å². The van der Waals surface area contributed by atoms with Crippen molar-refractivity contribution in [3.63, 3.8) is 0 Å². The van der Waals surface area contributed by atoms with E-state index in [9.17, 15) is 30.4 Å². The van der Waals surface area contributed by atoms with Crippen LogP contribution in [0.4, 0.5) is 14.5 Å². The minimum Gasteiger partial charge on any atom is -0.492 e. The average Bonchev–Trinajstić information content (AvgIpc) is 3.62. The van der Waals surface area contributed by atoms with Crippen LogP contribution in [0.3, 0.4) is 0 Å². The molecule has 2 aliphatic rings. The van der Waals surface area contributed by atoms with Crippen molar-refractivity contribution in [1.82, 2.24) is 4.90 Å². The van der Waals surface area contributed by atoms with Crippen LogP contribution in [0.2, 0.25) is 0 Å². The van der Waals surface area contributed by atoms with Gasteiger partial charge in [-0.1, -0.05) is 0 Å². The number of anilines is 1. The van der Waals surface area contributed by atoms with Crippen molar-refractivity contribution in [2.45, 2.75) is 22.6 Å². The Hall–Kier alpha value is -2.73. The second-order valence-electron chi connectivity index (χ2n) is 8.95. The molecular weight excluding hydrogens is 502 g/mol. The number of hydrogen-bond acceptors (Lipinski definition) is 7. The van der Waals surface area contributed by atoms with Crippen molar-refractivity contribution in [3.8, 4) is 5.75 Å². The zero-order chi connectivity index (χ0) is 25.5. The summed E-state index contributed by atoms with van der Waals surface area (Å²) < 4.78 is 82.1. The van der Waals surface area contributed by atoms with Gasteiger partial charge in [0.25, 0.3) is 5.91 Å². The molecule has 1 heterocycles. The lowest BCUT2D eigenvalue weighted by molar-refractivity contribution is 0.0741. The van der Waals surface area contributed by atoms with Crippen LogP contribution in [0, 0.1) is 17.6 Å². The van der Waals surface area contributed by atoms with Gasteiger partial charge < -0.3 is 14.5 Å². The number of rotatable bonds is 7. The fraction of sp³-hybridized carbons (Fsp3) is 0.435. The summed E-state index contributed by atoms with van der Waals surface area (Å²) >= 11 is 0. The van der Waals surface area contributed by atoms with E-state index < -0.39 is 42.1 Å². The zero-order valence-corrected chi connectivity index (χ0v) is 21.0. The van der Waals surface area contributed by atoms with Gasteiger partial charge in [-0.3, -0.25) is 4.79 Å². The molecule has 0 spiro atoms. The van der Waals surface area contributed by atoms with E-state index in [2.05, 4.69) is 0 Å². The highest BCUT2D eigenvalue weighted by molar-refractivity contribution is 7.91. The molecule has 1 amide bonds. The molecule has 0 atom stereocenters. The number of carbonyl (C=O) groups is 1. The van der Waals surface area contributed by atoms with Crippen LogP contribution in [-0.4, -0.2) is 72.9 Å². The maximum absolute atomic E-state index is 14.6. The van der Waals surface area contributed by atoms with Gasteiger partial charge in [-0.2, -0.15) is 0 Å². The lowest BCUT2D eigenvalue weighted by Crippen LogP contribution is -2.49. The van der Waals surface area contributed by atoms with Gasteiger partial charge in [-0.25, -0.2) is 25.6 Å². The number of piperazine rings is 1. The van der Waals surface area contributed by atoms with Crippen molar-refractivity contribution in [3.05, 3.63) is 47.5 Å². The van der Waals surface area contributed by atoms with Crippen LogP contribution in [0.25, 0.3) is 0 Å². The Morgan fingerprint density at radius 1 is 0.943 bits per heavy atom. The van der Waals surface area contributed by atoms with E-state index in [4.69, 9.17) is 4.74 Å². The van der Waals surface area contributed by atoms with Crippen molar-refractivity contribution >= 4 is 31.3 Å². The molecule has 2 aromatic rings. The Morgan fingerprint density at radius 2 is 1.60 bits per heavy atom. The number of ether oxygens (including phenoxy) is 1. The van der Waals surface area contributed by atoms with Gasteiger partial charge in [0.05, 0.1) is 22.8 Å². The zero-order valence-electron chi connectivity index (χ0n) is 19.3. The predicted molar refractivity (Wildman–Crippen MR) is 125 cm³/mol. The van der Waals surface area contributed by atoms with Crippen LogP contribution < -0.4 is 9.64 Å². The lowest BCUT2D eigenvalue weighted by Gasteiger charge is -2.36. The summed E-state index contributed by atoms with van der Waals surface area (Å²) in [7, 11) is -7.47. The highest BCUT2D eigenvalue weighted by Gasteiger charge is 2.29. The number of hydrogen-bond donors (Lipinski definition) is 0. The Bertz CT molecular complexity index is 1370. The maximum atomic E-state index is 14.6. The number of halogens is 2. The third-order valence-corrected chi connectivity index (χ3v) is 8.34. The van der Waals surface area contributed by atoms with Crippen LogP contribution in [0.5, 0.6) is 5.75 Å². The smallest absolute Gasteiger partial charge is 0.257 e. The van der Waals surface area contributed by atoms with Gasteiger partial charge in [-0.15, -0.1) is 0 Å². The van der Waals surface area contributed by atoms with Crippen molar-refractivity contribution in [2.75, 3.05) is 50.2 Å². The van der Waals surface area contributed by atoms with Gasteiger partial charge in [0.1, 0.15) is 10.6 Å². The van der Waals surface area contributed by atoms with E-state index >= 15 is 0 Å². The fourth-order valence-corrected chi connectivity index (χ4v) is 5.28. The monoisotopic (exact) mass is 528 g/mol. The molecule has 1 saturated heterocycles. The molecule has 190 valence electrons. The first-order chi connectivity index (χ1) is 16.4. The normalized spacial score (nSPS) is 16.9. The molecule has 0 bridgehead atoms. The molecule has 1 aliphatic heterocycles. The highest BCUT2D eigenvalue weighted by Crippen LogP contribution is 2.32. The Kier molecular flexibility index (Phi) is 6.80. The third-order valence-electron chi connectivity index (χ3n) is 6.11. The number of benzene rings is 2. The van der Waals surface area contributed by atoms with E-state index in [0.717, 1.165) is 31.4 Å². The Labute approximate surface area is 203 Å². The third kappa shape index (κ3) is 5.58. The summed E-state index contributed by atoms with van der Waals surface area (Å²) in [5, 5.41) is 0. The molecule has 4 rings (SSSR count). The standard InChI is InChI=1S/C23H26F2N2O6S2/c1-34(29,30)16-5-7-19(33-14-15-3-4-15)17(13-16)23(28)27-11-9-26(10-12-27)18-6-8-20(35(2,31)32)22(25)21(18)24/h5-8,13,15H,3-4,9-12,14H2,1-2H3. The van der Waals surface area contributed by atoms with Crippen LogP contribution in [-0.2, 0) is 19.7 Å². The number of nitrogens with zero attached hydrogens (tertiary/aromatic N) is 2. The Morgan fingerprint density at radius 3 is 2.17 bits per heavy atom. The molecule has 0 radical (unpaired) electrons. The first-order valence-corrected chi connectivity index (χ1v) is 14.8.